The Bertz CT molecular complexity index is 482. The lowest BCUT2D eigenvalue weighted by Gasteiger charge is -2.26. The third kappa shape index (κ3) is 5.03. The molecule has 0 aromatic heterocycles. The number of ether oxygens (including phenoxy) is 1. The van der Waals surface area contributed by atoms with Gasteiger partial charge in [-0.1, -0.05) is 13.0 Å². The number of nitrogens with one attached hydrogen (secondary N) is 1. The molecule has 0 atom stereocenters. The zero-order valence-corrected chi connectivity index (χ0v) is 14.4. The molecule has 0 aliphatic heterocycles. The lowest BCUT2D eigenvalue weighted by atomic mass is 9.87. The Morgan fingerprint density at radius 3 is 2.67 bits per heavy atom. The Morgan fingerprint density at radius 1 is 1.33 bits per heavy atom. The largest absolute Gasteiger partial charge is 0.496 e. The van der Waals surface area contributed by atoms with Crippen LogP contribution < -0.4 is 10.1 Å². The minimum absolute atomic E-state index is 0.168. The van der Waals surface area contributed by atoms with Crippen LogP contribution in [0.4, 0.5) is 0 Å². The summed E-state index contributed by atoms with van der Waals surface area (Å²) in [5.74, 6) is 1.80. The van der Waals surface area contributed by atoms with Gasteiger partial charge in [0.15, 0.2) is 0 Å². The van der Waals surface area contributed by atoms with E-state index in [1.807, 2.05) is 18.2 Å². The van der Waals surface area contributed by atoms with Crippen LogP contribution in [0.5, 0.6) is 5.75 Å². The summed E-state index contributed by atoms with van der Waals surface area (Å²) in [5.41, 5.74) is 1.15. The van der Waals surface area contributed by atoms with E-state index >= 15 is 0 Å². The summed E-state index contributed by atoms with van der Waals surface area (Å²) in [6, 6.07) is 6.35. The second-order valence-electron chi connectivity index (χ2n) is 5.99. The molecule has 21 heavy (non-hydrogen) atoms. The molecule has 0 spiro atoms. The maximum absolute atomic E-state index is 12.0. The first-order valence-electron chi connectivity index (χ1n) is 7.70. The molecule has 1 aromatic rings. The van der Waals surface area contributed by atoms with Gasteiger partial charge in [-0.3, -0.25) is 4.79 Å². The van der Waals surface area contributed by atoms with Gasteiger partial charge in [0.2, 0.25) is 5.91 Å². The standard InChI is InChI=1S/C17H24BrNO2/c1-12-3-7-14(8-4-12)19-17(20)10-6-13-5-9-16(21-2)15(18)11-13/h5,9,11-12,14H,3-4,6-8,10H2,1-2H3,(H,19,20). The van der Waals surface area contributed by atoms with Gasteiger partial charge in [0, 0.05) is 12.5 Å². The summed E-state index contributed by atoms with van der Waals surface area (Å²) >= 11 is 3.47. The second-order valence-corrected chi connectivity index (χ2v) is 6.85. The highest BCUT2D eigenvalue weighted by molar-refractivity contribution is 9.10. The van der Waals surface area contributed by atoms with Gasteiger partial charge in [0.25, 0.3) is 0 Å². The van der Waals surface area contributed by atoms with Crippen LogP contribution in [0.3, 0.4) is 0 Å². The molecule has 0 bridgehead atoms. The van der Waals surface area contributed by atoms with Crippen LogP contribution in [0.2, 0.25) is 0 Å². The Balaban J connectivity index is 1.77. The molecule has 0 heterocycles. The van der Waals surface area contributed by atoms with E-state index in [0.717, 1.165) is 41.0 Å². The maximum atomic E-state index is 12.0. The Hall–Kier alpha value is -1.03. The fourth-order valence-corrected chi connectivity index (χ4v) is 3.42. The number of hydrogen-bond donors (Lipinski definition) is 1. The van der Waals surface area contributed by atoms with Gasteiger partial charge in [0.1, 0.15) is 5.75 Å². The first kappa shape index (κ1) is 16.3. The van der Waals surface area contributed by atoms with Gasteiger partial charge in [0.05, 0.1) is 11.6 Å². The molecule has 116 valence electrons. The van der Waals surface area contributed by atoms with Crippen molar-refractivity contribution in [1.82, 2.24) is 5.32 Å². The number of amides is 1. The van der Waals surface area contributed by atoms with Gasteiger partial charge in [-0.25, -0.2) is 0 Å². The predicted octanol–water partition coefficient (Wildman–Crippen LogP) is 4.09. The summed E-state index contributed by atoms with van der Waals surface area (Å²) in [5, 5.41) is 3.17. The molecule has 1 aliphatic carbocycles. The lowest BCUT2D eigenvalue weighted by Crippen LogP contribution is -2.37. The molecule has 1 aromatic carbocycles. The van der Waals surface area contributed by atoms with Crippen LogP contribution in [0.15, 0.2) is 22.7 Å². The van der Waals surface area contributed by atoms with E-state index in [-0.39, 0.29) is 5.91 Å². The van der Waals surface area contributed by atoms with Crippen molar-refractivity contribution >= 4 is 21.8 Å². The fraction of sp³-hybridized carbons (Fsp3) is 0.588. The van der Waals surface area contributed by atoms with Crippen LogP contribution in [-0.4, -0.2) is 19.1 Å². The number of halogens is 1. The zero-order valence-electron chi connectivity index (χ0n) is 12.8. The molecule has 4 heteroatoms. The zero-order chi connectivity index (χ0) is 15.2. The van der Waals surface area contributed by atoms with Crippen molar-refractivity contribution in [2.75, 3.05) is 7.11 Å². The molecule has 0 radical (unpaired) electrons. The van der Waals surface area contributed by atoms with Gasteiger partial charge >= 0.3 is 0 Å². The van der Waals surface area contributed by atoms with E-state index in [2.05, 4.69) is 28.2 Å². The molecule has 1 saturated carbocycles. The third-order valence-corrected chi connectivity index (χ3v) is 4.86. The summed E-state index contributed by atoms with van der Waals surface area (Å²) in [6.07, 6.45) is 6.02. The average Bonchev–Trinajstić information content (AvgIpc) is 2.48. The second kappa shape index (κ2) is 7.83. The monoisotopic (exact) mass is 353 g/mol. The Kier molecular flexibility index (Phi) is 6.09. The number of methoxy groups -OCH3 is 1. The van der Waals surface area contributed by atoms with Crippen LogP contribution in [-0.2, 0) is 11.2 Å². The molecule has 1 fully saturated rings. The highest BCUT2D eigenvalue weighted by Crippen LogP contribution is 2.26. The van der Waals surface area contributed by atoms with Gasteiger partial charge in [-0.15, -0.1) is 0 Å². The smallest absolute Gasteiger partial charge is 0.220 e. The molecule has 2 rings (SSSR count). The molecule has 1 amide bonds. The van der Waals surface area contributed by atoms with Crippen LogP contribution in [0, 0.1) is 5.92 Å². The van der Waals surface area contributed by atoms with E-state index in [4.69, 9.17) is 4.74 Å². The van der Waals surface area contributed by atoms with Crippen LogP contribution in [0.25, 0.3) is 0 Å². The summed E-state index contributed by atoms with van der Waals surface area (Å²) in [4.78, 5) is 12.0. The lowest BCUT2D eigenvalue weighted by molar-refractivity contribution is -0.122. The number of aryl methyl sites for hydroxylation is 1. The number of rotatable bonds is 5. The SMILES string of the molecule is COc1ccc(CCC(=O)NC2CCC(C)CC2)cc1Br. The Morgan fingerprint density at radius 2 is 2.05 bits per heavy atom. The van der Waals surface area contributed by atoms with Crippen molar-refractivity contribution in [2.45, 2.75) is 51.5 Å². The first-order valence-corrected chi connectivity index (χ1v) is 8.49. The van der Waals surface area contributed by atoms with E-state index in [0.29, 0.717) is 12.5 Å². The summed E-state index contributed by atoms with van der Waals surface area (Å²) < 4.78 is 6.14. The minimum Gasteiger partial charge on any atom is -0.496 e. The molecule has 1 N–H and O–H groups in total. The van der Waals surface area contributed by atoms with E-state index < -0.39 is 0 Å². The molecule has 1 aliphatic rings. The highest BCUT2D eigenvalue weighted by atomic mass is 79.9. The Labute approximate surface area is 135 Å². The average molecular weight is 354 g/mol. The van der Waals surface area contributed by atoms with Crippen molar-refractivity contribution in [2.24, 2.45) is 5.92 Å². The third-order valence-electron chi connectivity index (χ3n) is 4.24. The van der Waals surface area contributed by atoms with Crippen molar-refractivity contribution in [3.05, 3.63) is 28.2 Å². The predicted molar refractivity (Wildman–Crippen MR) is 88.6 cm³/mol. The molecular formula is C17H24BrNO2. The molecular weight excluding hydrogens is 330 g/mol. The highest BCUT2D eigenvalue weighted by Gasteiger charge is 2.19. The minimum atomic E-state index is 0.168. The van der Waals surface area contributed by atoms with Crippen molar-refractivity contribution in [3.63, 3.8) is 0 Å². The number of benzene rings is 1. The van der Waals surface area contributed by atoms with Crippen molar-refractivity contribution in [1.29, 1.82) is 0 Å². The topological polar surface area (TPSA) is 38.3 Å². The quantitative estimate of drug-likeness (QED) is 0.865. The van der Waals surface area contributed by atoms with Gasteiger partial charge in [-0.2, -0.15) is 0 Å². The number of carbonyl (C=O) groups is 1. The van der Waals surface area contributed by atoms with Gasteiger partial charge < -0.3 is 10.1 Å². The first-order chi connectivity index (χ1) is 10.1. The van der Waals surface area contributed by atoms with Crippen LogP contribution >= 0.6 is 15.9 Å². The van der Waals surface area contributed by atoms with Crippen LogP contribution in [0.1, 0.15) is 44.6 Å². The van der Waals surface area contributed by atoms with Crippen molar-refractivity contribution in [3.8, 4) is 5.75 Å². The molecule has 3 nitrogen and oxygen atoms in total. The van der Waals surface area contributed by atoms with Gasteiger partial charge in [-0.05, 0) is 71.6 Å². The maximum Gasteiger partial charge on any atom is 0.220 e. The van der Waals surface area contributed by atoms with E-state index in [9.17, 15) is 4.79 Å². The van der Waals surface area contributed by atoms with E-state index in [1.165, 1.54) is 12.8 Å². The number of hydrogen-bond acceptors (Lipinski definition) is 2. The molecule has 0 unspecified atom stereocenters. The normalized spacial score (nSPS) is 21.9. The number of carbonyl (C=O) groups excluding carboxylic acids is 1. The van der Waals surface area contributed by atoms with Crippen molar-refractivity contribution < 1.29 is 9.53 Å². The summed E-state index contributed by atoms with van der Waals surface area (Å²) in [7, 11) is 1.65. The fourth-order valence-electron chi connectivity index (χ4n) is 2.83. The van der Waals surface area contributed by atoms with E-state index in [1.54, 1.807) is 7.11 Å². The molecule has 0 saturated heterocycles. The summed E-state index contributed by atoms with van der Waals surface area (Å²) in [6.45, 7) is 2.29.